The maximum absolute atomic E-state index is 12.4. The Morgan fingerprint density at radius 1 is 1.19 bits per heavy atom. The van der Waals surface area contributed by atoms with E-state index in [1.165, 1.54) is 17.3 Å². The molecule has 0 aliphatic heterocycles. The van der Waals surface area contributed by atoms with Crippen LogP contribution in [0.5, 0.6) is 0 Å². The molecule has 3 rings (SSSR count). The summed E-state index contributed by atoms with van der Waals surface area (Å²) in [5.41, 5.74) is 0.865. The monoisotopic (exact) mass is 282 g/mol. The summed E-state index contributed by atoms with van der Waals surface area (Å²) in [7, 11) is 0. The van der Waals surface area contributed by atoms with Gasteiger partial charge in [0.2, 0.25) is 0 Å². The minimum Gasteiger partial charge on any atom is -0.243 e. The molecule has 0 amide bonds. The molecule has 0 N–H and O–H groups in total. The predicted octanol–water partition coefficient (Wildman–Crippen LogP) is 2.18. The van der Waals surface area contributed by atoms with Gasteiger partial charge in [0.25, 0.3) is 0 Å². The van der Waals surface area contributed by atoms with Crippen LogP contribution in [0.25, 0.3) is 11.4 Å². The standard InChI is InChI=1S/C14H14N6O/c1-10(2)13-17-12(11-6-4-3-5-7-11)18-20(13)14(21)19-9-15-8-16-19/h3-10H,1-2H3. The summed E-state index contributed by atoms with van der Waals surface area (Å²) in [5, 5.41) is 8.17. The Hall–Kier alpha value is -2.83. The number of hydrogen-bond donors (Lipinski definition) is 0. The molecular formula is C14H14N6O. The van der Waals surface area contributed by atoms with Gasteiger partial charge in [-0.25, -0.2) is 14.8 Å². The first kappa shape index (κ1) is 13.2. The van der Waals surface area contributed by atoms with Crippen LogP contribution in [-0.2, 0) is 0 Å². The van der Waals surface area contributed by atoms with Crippen molar-refractivity contribution in [3.05, 3.63) is 48.8 Å². The highest BCUT2D eigenvalue weighted by molar-refractivity contribution is 5.78. The molecule has 7 nitrogen and oxygen atoms in total. The van der Waals surface area contributed by atoms with Gasteiger partial charge in [-0.3, -0.25) is 0 Å². The van der Waals surface area contributed by atoms with Crippen LogP contribution in [0.4, 0.5) is 4.79 Å². The number of hydrogen-bond acceptors (Lipinski definition) is 5. The molecule has 0 saturated heterocycles. The van der Waals surface area contributed by atoms with E-state index in [1.807, 2.05) is 44.2 Å². The Labute approximate surface area is 121 Å². The summed E-state index contributed by atoms with van der Waals surface area (Å²) in [6, 6.07) is 9.15. The van der Waals surface area contributed by atoms with E-state index in [0.29, 0.717) is 11.6 Å². The third kappa shape index (κ3) is 2.45. The van der Waals surface area contributed by atoms with Crippen molar-refractivity contribution in [1.29, 1.82) is 0 Å². The van der Waals surface area contributed by atoms with Gasteiger partial charge in [-0.1, -0.05) is 44.2 Å². The molecule has 3 aromatic rings. The Bertz CT molecular complexity index is 745. The second-order valence-electron chi connectivity index (χ2n) is 4.85. The van der Waals surface area contributed by atoms with E-state index in [4.69, 9.17) is 0 Å². The molecule has 0 unspecified atom stereocenters. The van der Waals surface area contributed by atoms with Crippen LogP contribution >= 0.6 is 0 Å². The summed E-state index contributed by atoms with van der Waals surface area (Å²) in [6.45, 7) is 3.92. The molecule has 0 radical (unpaired) electrons. The van der Waals surface area contributed by atoms with Gasteiger partial charge in [-0.15, -0.1) is 5.10 Å². The van der Waals surface area contributed by atoms with Gasteiger partial charge in [-0.2, -0.15) is 14.5 Å². The van der Waals surface area contributed by atoms with Crippen LogP contribution in [0, 0.1) is 0 Å². The Balaban J connectivity index is 2.08. The van der Waals surface area contributed by atoms with Gasteiger partial charge < -0.3 is 0 Å². The maximum Gasteiger partial charge on any atom is 0.372 e. The lowest BCUT2D eigenvalue weighted by molar-refractivity contribution is 0.237. The fourth-order valence-electron chi connectivity index (χ4n) is 1.95. The molecule has 0 atom stereocenters. The highest BCUT2D eigenvalue weighted by Gasteiger charge is 2.20. The molecule has 2 heterocycles. The van der Waals surface area contributed by atoms with Crippen molar-refractivity contribution in [2.75, 3.05) is 0 Å². The van der Waals surface area contributed by atoms with Gasteiger partial charge in [-0.05, 0) is 0 Å². The largest absolute Gasteiger partial charge is 0.372 e. The van der Waals surface area contributed by atoms with Crippen LogP contribution in [0.3, 0.4) is 0 Å². The van der Waals surface area contributed by atoms with Crippen molar-refractivity contribution in [3.8, 4) is 11.4 Å². The van der Waals surface area contributed by atoms with Gasteiger partial charge in [0, 0.05) is 11.5 Å². The number of carbonyl (C=O) groups excluding carboxylic acids is 1. The molecule has 21 heavy (non-hydrogen) atoms. The molecule has 0 saturated carbocycles. The topological polar surface area (TPSA) is 78.5 Å². The minimum atomic E-state index is -0.397. The SMILES string of the molecule is CC(C)c1nc(-c2ccccc2)nn1C(=O)n1cncn1. The van der Waals surface area contributed by atoms with E-state index in [0.717, 1.165) is 10.2 Å². The van der Waals surface area contributed by atoms with Crippen molar-refractivity contribution in [2.45, 2.75) is 19.8 Å². The lowest BCUT2D eigenvalue weighted by Gasteiger charge is -2.05. The highest BCUT2D eigenvalue weighted by atomic mass is 16.2. The Kier molecular flexibility index (Phi) is 3.31. The first-order chi connectivity index (χ1) is 10.2. The third-order valence-corrected chi connectivity index (χ3v) is 2.98. The molecule has 0 aliphatic rings. The summed E-state index contributed by atoms with van der Waals surface area (Å²) in [6.07, 6.45) is 2.65. The second kappa shape index (κ2) is 5.28. The molecule has 1 aromatic carbocycles. The van der Waals surface area contributed by atoms with Crippen LogP contribution in [0.15, 0.2) is 43.0 Å². The lowest BCUT2D eigenvalue weighted by Crippen LogP contribution is -2.23. The first-order valence-electron chi connectivity index (χ1n) is 6.58. The van der Waals surface area contributed by atoms with Crippen LogP contribution < -0.4 is 0 Å². The average Bonchev–Trinajstić information content (AvgIpc) is 3.17. The van der Waals surface area contributed by atoms with E-state index in [1.54, 1.807) is 0 Å². The van der Waals surface area contributed by atoms with Gasteiger partial charge >= 0.3 is 6.03 Å². The van der Waals surface area contributed by atoms with E-state index >= 15 is 0 Å². The van der Waals surface area contributed by atoms with Crippen molar-refractivity contribution >= 4 is 6.03 Å². The first-order valence-corrected chi connectivity index (χ1v) is 6.58. The minimum absolute atomic E-state index is 0.0578. The molecule has 7 heteroatoms. The average molecular weight is 282 g/mol. The van der Waals surface area contributed by atoms with Crippen molar-refractivity contribution in [2.24, 2.45) is 0 Å². The number of carbonyl (C=O) groups is 1. The molecule has 0 bridgehead atoms. The molecule has 106 valence electrons. The van der Waals surface area contributed by atoms with Crippen molar-refractivity contribution in [1.82, 2.24) is 29.5 Å². The lowest BCUT2D eigenvalue weighted by atomic mass is 10.2. The highest BCUT2D eigenvalue weighted by Crippen LogP contribution is 2.19. The van der Waals surface area contributed by atoms with Gasteiger partial charge in [0.15, 0.2) is 5.82 Å². The van der Waals surface area contributed by atoms with E-state index < -0.39 is 6.03 Å². The van der Waals surface area contributed by atoms with Gasteiger partial charge in [0.05, 0.1) is 0 Å². The molecule has 0 aliphatic carbocycles. The summed E-state index contributed by atoms with van der Waals surface area (Å²) < 4.78 is 2.41. The van der Waals surface area contributed by atoms with Crippen LogP contribution in [0.1, 0.15) is 25.6 Å². The van der Waals surface area contributed by atoms with Crippen molar-refractivity contribution < 1.29 is 4.79 Å². The molecule has 0 fully saturated rings. The number of rotatable bonds is 2. The smallest absolute Gasteiger partial charge is 0.243 e. The molecular weight excluding hydrogens is 268 g/mol. The number of nitrogens with zero attached hydrogens (tertiary/aromatic N) is 6. The Morgan fingerprint density at radius 2 is 1.95 bits per heavy atom. The fourth-order valence-corrected chi connectivity index (χ4v) is 1.95. The van der Waals surface area contributed by atoms with E-state index in [2.05, 4.69) is 20.2 Å². The fraction of sp³-hybridized carbons (Fsp3) is 0.214. The van der Waals surface area contributed by atoms with Crippen LogP contribution in [0.2, 0.25) is 0 Å². The zero-order valence-electron chi connectivity index (χ0n) is 11.7. The number of aromatic nitrogens is 6. The van der Waals surface area contributed by atoms with E-state index in [-0.39, 0.29) is 5.92 Å². The zero-order chi connectivity index (χ0) is 14.8. The summed E-state index contributed by atoms with van der Waals surface area (Å²) in [5.74, 6) is 1.17. The Morgan fingerprint density at radius 3 is 2.57 bits per heavy atom. The quantitative estimate of drug-likeness (QED) is 0.719. The number of benzene rings is 1. The molecule has 2 aromatic heterocycles. The predicted molar refractivity (Wildman–Crippen MR) is 75.8 cm³/mol. The summed E-state index contributed by atoms with van der Waals surface area (Å²) in [4.78, 5) is 20.7. The maximum atomic E-state index is 12.4. The van der Waals surface area contributed by atoms with Gasteiger partial charge in [0.1, 0.15) is 18.5 Å². The van der Waals surface area contributed by atoms with Crippen LogP contribution in [-0.4, -0.2) is 35.6 Å². The summed E-state index contributed by atoms with van der Waals surface area (Å²) >= 11 is 0. The normalized spacial score (nSPS) is 11.0. The second-order valence-corrected chi connectivity index (χ2v) is 4.85. The molecule has 0 spiro atoms. The van der Waals surface area contributed by atoms with E-state index in [9.17, 15) is 4.79 Å². The zero-order valence-corrected chi connectivity index (χ0v) is 11.7. The third-order valence-electron chi connectivity index (χ3n) is 2.98. The van der Waals surface area contributed by atoms with Crippen molar-refractivity contribution in [3.63, 3.8) is 0 Å².